The van der Waals surface area contributed by atoms with Crippen LogP contribution in [0.4, 0.5) is 10.1 Å². The maximum absolute atomic E-state index is 13.9. The van der Waals surface area contributed by atoms with Crippen LogP contribution in [-0.4, -0.2) is 40.6 Å². The zero-order valence-corrected chi connectivity index (χ0v) is 16.3. The first-order valence-electron chi connectivity index (χ1n) is 9.24. The normalized spacial score (nSPS) is 15.6. The third-order valence-electron chi connectivity index (χ3n) is 4.89. The Labute approximate surface area is 166 Å². The highest BCUT2D eigenvalue weighted by Crippen LogP contribution is 2.29. The Morgan fingerprint density at radius 1 is 1.36 bits per heavy atom. The molecule has 1 N–H and O–H groups in total. The highest BCUT2D eigenvalue weighted by atomic mass is 32.1. The molecule has 1 aromatic carbocycles. The molecule has 0 atom stereocenters. The Bertz CT molecular complexity index is 949. The Balaban J connectivity index is 1.29. The molecule has 8 heteroatoms. The number of carbonyl (C=O) groups excluding carboxylic acids is 1. The van der Waals surface area contributed by atoms with Gasteiger partial charge in [0, 0.05) is 5.92 Å². The van der Waals surface area contributed by atoms with E-state index in [9.17, 15) is 9.18 Å². The molecule has 1 aliphatic rings. The lowest BCUT2D eigenvalue weighted by Gasteiger charge is -2.29. The molecule has 3 heterocycles. The zero-order valence-electron chi connectivity index (χ0n) is 15.5. The second-order valence-corrected chi connectivity index (χ2v) is 7.96. The number of amides is 1. The van der Waals surface area contributed by atoms with Crippen LogP contribution >= 0.6 is 11.3 Å². The minimum Gasteiger partial charge on any atom is -0.339 e. The maximum Gasteiger partial charge on any atom is 0.238 e. The molecule has 2 aromatic heterocycles. The first kappa shape index (κ1) is 18.8. The summed E-state index contributed by atoms with van der Waals surface area (Å²) in [7, 11) is 0. The molecule has 0 bridgehead atoms. The summed E-state index contributed by atoms with van der Waals surface area (Å²) in [4.78, 5) is 19.8. The summed E-state index contributed by atoms with van der Waals surface area (Å²) in [6.07, 6.45) is 1.69. The molecule has 28 heavy (non-hydrogen) atoms. The molecule has 0 saturated carbocycles. The SMILES string of the molecule is Cc1ccc(NC(=O)CN2CCC(c3nc(-c4cccs4)no3)CC2)c(F)c1. The van der Waals surface area contributed by atoms with E-state index in [-0.39, 0.29) is 24.1 Å². The van der Waals surface area contributed by atoms with E-state index < -0.39 is 5.82 Å². The number of aryl methyl sites for hydroxylation is 1. The van der Waals surface area contributed by atoms with Crippen molar-refractivity contribution in [2.24, 2.45) is 0 Å². The van der Waals surface area contributed by atoms with Crippen molar-refractivity contribution < 1.29 is 13.7 Å². The van der Waals surface area contributed by atoms with Gasteiger partial charge in [0.1, 0.15) is 5.82 Å². The van der Waals surface area contributed by atoms with Crippen LogP contribution in [0.2, 0.25) is 0 Å². The Morgan fingerprint density at radius 2 is 2.18 bits per heavy atom. The van der Waals surface area contributed by atoms with E-state index in [1.807, 2.05) is 24.4 Å². The van der Waals surface area contributed by atoms with Crippen molar-refractivity contribution in [1.29, 1.82) is 0 Å². The van der Waals surface area contributed by atoms with E-state index in [1.165, 1.54) is 6.07 Å². The van der Waals surface area contributed by atoms with Gasteiger partial charge in [-0.05, 0) is 62.0 Å². The highest BCUT2D eigenvalue weighted by Gasteiger charge is 2.26. The number of nitrogens with one attached hydrogen (secondary N) is 1. The summed E-state index contributed by atoms with van der Waals surface area (Å²) in [5, 5.41) is 8.71. The van der Waals surface area contributed by atoms with E-state index in [2.05, 4.69) is 20.4 Å². The monoisotopic (exact) mass is 400 g/mol. The first-order chi connectivity index (χ1) is 13.6. The maximum atomic E-state index is 13.9. The van der Waals surface area contributed by atoms with E-state index >= 15 is 0 Å². The van der Waals surface area contributed by atoms with Crippen LogP contribution in [0.3, 0.4) is 0 Å². The number of piperidine rings is 1. The van der Waals surface area contributed by atoms with E-state index in [4.69, 9.17) is 4.52 Å². The van der Waals surface area contributed by atoms with Gasteiger partial charge >= 0.3 is 0 Å². The van der Waals surface area contributed by atoms with Crippen molar-refractivity contribution in [3.05, 3.63) is 53.0 Å². The Morgan fingerprint density at radius 3 is 2.89 bits per heavy atom. The molecule has 146 valence electrons. The van der Waals surface area contributed by atoms with Crippen LogP contribution in [0.15, 0.2) is 40.2 Å². The van der Waals surface area contributed by atoms with Crippen molar-refractivity contribution in [1.82, 2.24) is 15.0 Å². The van der Waals surface area contributed by atoms with Crippen LogP contribution in [0, 0.1) is 12.7 Å². The Kier molecular flexibility index (Phi) is 5.50. The molecule has 1 amide bonds. The summed E-state index contributed by atoms with van der Waals surface area (Å²) in [5.41, 5.74) is 1.04. The van der Waals surface area contributed by atoms with Gasteiger partial charge < -0.3 is 9.84 Å². The first-order valence-corrected chi connectivity index (χ1v) is 10.1. The van der Waals surface area contributed by atoms with Gasteiger partial charge in [-0.2, -0.15) is 4.98 Å². The number of hydrogen-bond donors (Lipinski definition) is 1. The lowest BCUT2D eigenvalue weighted by atomic mass is 9.97. The van der Waals surface area contributed by atoms with Crippen molar-refractivity contribution in [3.63, 3.8) is 0 Å². The minimum atomic E-state index is -0.412. The molecule has 3 aromatic rings. The van der Waals surface area contributed by atoms with Crippen molar-refractivity contribution in [2.75, 3.05) is 25.0 Å². The van der Waals surface area contributed by atoms with Gasteiger partial charge in [0.15, 0.2) is 0 Å². The predicted molar refractivity (Wildman–Crippen MR) is 106 cm³/mol. The van der Waals surface area contributed by atoms with Gasteiger partial charge in [0.2, 0.25) is 17.6 Å². The minimum absolute atomic E-state index is 0.204. The number of nitrogens with zero attached hydrogens (tertiary/aromatic N) is 3. The number of thiophene rings is 1. The average molecular weight is 400 g/mol. The molecule has 1 aliphatic heterocycles. The second kappa shape index (κ2) is 8.20. The second-order valence-electron chi connectivity index (χ2n) is 7.02. The number of carbonyl (C=O) groups is 1. The lowest BCUT2D eigenvalue weighted by molar-refractivity contribution is -0.117. The van der Waals surface area contributed by atoms with Crippen molar-refractivity contribution >= 4 is 22.9 Å². The number of likely N-dealkylation sites (tertiary alicyclic amines) is 1. The van der Waals surface area contributed by atoms with E-state index in [0.29, 0.717) is 11.7 Å². The smallest absolute Gasteiger partial charge is 0.238 e. The summed E-state index contributed by atoms with van der Waals surface area (Å²) < 4.78 is 19.3. The average Bonchev–Trinajstić information content (AvgIpc) is 3.36. The molecular weight excluding hydrogens is 379 g/mol. The molecule has 0 spiro atoms. The van der Waals surface area contributed by atoms with Gasteiger partial charge in [-0.15, -0.1) is 11.3 Å². The Hall–Kier alpha value is -2.58. The quantitative estimate of drug-likeness (QED) is 0.699. The lowest BCUT2D eigenvalue weighted by Crippen LogP contribution is -2.38. The topological polar surface area (TPSA) is 71.3 Å². The fourth-order valence-corrected chi connectivity index (χ4v) is 4.01. The number of halogens is 1. The third kappa shape index (κ3) is 4.28. The number of hydrogen-bond acceptors (Lipinski definition) is 6. The number of aromatic nitrogens is 2. The fraction of sp³-hybridized carbons (Fsp3) is 0.350. The molecule has 0 unspecified atom stereocenters. The summed E-state index contributed by atoms with van der Waals surface area (Å²) in [5.74, 6) is 0.875. The van der Waals surface area contributed by atoms with Gasteiger partial charge in [-0.1, -0.05) is 17.3 Å². The molecule has 6 nitrogen and oxygen atoms in total. The number of anilines is 1. The number of rotatable bonds is 5. The summed E-state index contributed by atoms with van der Waals surface area (Å²) in [6, 6.07) is 8.71. The zero-order chi connectivity index (χ0) is 19.5. The molecule has 1 saturated heterocycles. The molecule has 0 radical (unpaired) electrons. The molecule has 4 rings (SSSR count). The number of benzene rings is 1. The van der Waals surface area contributed by atoms with Gasteiger partial charge in [0.25, 0.3) is 0 Å². The van der Waals surface area contributed by atoms with E-state index in [1.54, 1.807) is 23.5 Å². The largest absolute Gasteiger partial charge is 0.339 e. The molecule has 1 fully saturated rings. The van der Waals surface area contributed by atoms with Crippen molar-refractivity contribution in [2.45, 2.75) is 25.7 Å². The standard InChI is InChI=1S/C20H21FN4O2S/c1-13-4-5-16(15(21)11-13)22-18(26)12-25-8-6-14(7-9-25)20-23-19(24-27-20)17-3-2-10-28-17/h2-5,10-11,14H,6-9,12H2,1H3,(H,22,26). The van der Waals surface area contributed by atoms with Crippen LogP contribution in [0.25, 0.3) is 10.7 Å². The van der Waals surface area contributed by atoms with Gasteiger partial charge in [-0.25, -0.2) is 4.39 Å². The van der Waals surface area contributed by atoms with Crippen LogP contribution in [0.5, 0.6) is 0 Å². The van der Waals surface area contributed by atoms with Crippen LogP contribution < -0.4 is 5.32 Å². The third-order valence-corrected chi connectivity index (χ3v) is 5.75. The summed E-state index contributed by atoms with van der Waals surface area (Å²) >= 11 is 1.58. The van der Waals surface area contributed by atoms with Gasteiger partial charge in [0.05, 0.1) is 17.1 Å². The summed E-state index contributed by atoms with van der Waals surface area (Å²) in [6.45, 7) is 3.56. The fourth-order valence-electron chi connectivity index (χ4n) is 3.36. The molecular formula is C20H21FN4O2S. The van der Waals surface area contributed by atoms with Crippen molar-refractivity contribution in [3.8, 4) is 10.7 Å². The predicted octanol–water partition coefficient (Wildman–Crippen LogP) is 4.06. The van der Waals surface area contributed by atoms with Gasteiger partial charge in [-0.3, -0.25) is 9.69 Å². The van der Waals surface area contributed by atoms with Crippen LogP contribution in [-0.2, 0) is 4.79 Å². The van der Waals surface area contributed by atoms with E-state index in [0.717, 1.165) is 36.4 Å². The highest BCUT2D eigenvalue weighted by molar-refractivity contribution is 7.13. The molecule has 0 aliphatic carbocycles. The van der Waals surface area contributed by atoms with Crippen LogP contribution in [0.1, 0.15) is 30.2 Å².